The highest BCUT2D eigenvalue weighted by molar-refractivity contribution is 5.65. The third kappa shape index (κ3) is 3.74. The van der Waals surface area contributed by atoms with Gasteiger partial charge in [-0.15, -0.1) is 0 Å². The molecule has 3 heteroatoms. The van der Waals surface area contributed by atoms with E-state index in [2.05, 4.69) is 24.3 Å². The molecule has 3 nitrogen and oxygen atoms in total. The van der Waals surface area contributed by atoms with Gasteiger partial charge in [0.25, 0.3) is 5.56 Å². The molecule has 0 fully saturated rings. The largest absolute Gasteiger partial charge is 0.425 e. The summed E-state index contributed by atoms with van der Waals surface area (Å²) in [5.41, 5.74) is 6.45. The zero-order chi connectivity index (χ0) is 19.5. The highest BCUT2D eigenvalue weighted by Crippen LogP contribution is 2.22. The van der Waals surface area contributed by atoms with Crippen LogP contribution in [-0.4, -0.2) is 9.94 Å². The van der Waals surface area contributed by atoms with Gasteiger partial charge in [-0.3, -0.25) is 4.79 Å². The van der Waals surface area contributed by atoms with Crippen molar-refractivity contribution in [1.29, 1.82) is 0 Å². The summed E-state index contributed by atoms with van der Waals surface area (Å²) < 4.78 is 0.683. The number of nitrogens with zero attached hydrogens (tertiary/aromatic N) is 1. The second-order valence-electron chi connectivity index (χ2n) is 7.01. The first kappa shape index (κ1) is 17.8. The van der Waals surface area contributed by atoms with Crippen LogP contribution in [-0.2, 0) is 6.42 Å². The number of benzene rings is 3. The van der Waals surface area contributed by atoms with E-state index in [1.54, 1.807) is 0 Å². The predicted molar refractivity (Wildman–Crippen MR) is 113 cm³/mol. The molecule has 1 heterocycles. The van der Waals surface area contributed by atoms with E-state index in [-0.39, 0.29) is 5.56 Å². The van der Waals surface area contributed by atoms with Crippen molar-refractivity contribution < 1.29 is 5.21 Å². The first-order valence-corrected chi connectivity index (χ1v) is 9.26. The molecule has 0 spiro atoms. The Morgan fingerprint density at radius 2 is 1.32 bits per heavy atom. The van der Waals surface area contributed by atoms with Gasteiger partial charge in [0.15, 0.2) is 0 Å². The lowest BCUT2D eigenvalue weighted by molar-refractivity contribution is 0.174. The minimum absolute atomic E-state index is 0.386. The van der Waals surface area contributed by atoms with E-state index in [4.69, 9.17) is 0 Å². The van der Waals surface area contributed by atoms with Gasteiger partial charge in [-0.05, 0) is 35.2 Å². The Hall–Kier alpha value is -3.59. The van der Waals surface area contributed by atoms with E-state index in [0.29, 0.717) is 16.7 Å². The Morgan fingerprint density at radius 1 is 0.750 bits per heavy atom. The lowest BCUT2D eigenvalue weighted by atomic mass is 9.99. The Labute approximate surface area is 164 Å². The number of hydrogen-bond donors (Lipinski definition) is 1. The molecule has 3 aromatic carbocycles. The molecular weight excluding hydrogens is 346 g/mol. The first-order chi connectivity index (χ1) is 13.6. The standard InChI is InChI=1S/C25H21NO2/c1-18-7-11-22(12-8-18)24-16-23(25(27)26(28)17-24)15-19-9-13-21(14-10-19)20-5-3-2-4-6-20/h2-14,16-17,28H,15H2,1H3. The quantitative estimate of drug-likeness (QED) is 0.496. The van der Waals surface area contributed by atoms with Crippen molar-refractivity contribution in [3.8, 4) is 22.3 Å². The summed E-state index contributed by atoms with van der Waals surface area (Å²) in [5.74, 6) is 0. The van der Waals surface area contributed by atoms with Crippen molar-refractivity contribution in [2.45, 2.75) is 13.3 Å². The van der Waals surface area contributed by atoms with Crippen molar-refractivity contribution >= 4 is 0 Å². The molecule has 0 atom stereocenters. The van der Waals surface area contributed by atoms with Crippen LogP contribution in [0.25, 0.3) is 22.3 Å². The molecule has 1 N–H and O–H groups in total. The van der Waals surface area contributed by atoms with E-state index < -0.39 is 0 Å². The molecule has 0 saturated heterocycles. The van der Waals surface area contributed by atoms with Crippen molar-refractivity contribution in [2.24, 2.45) is 0 Å². The molecule has 0 aliphatic carbocycles. The van der Waals surface area contributed by atoms with Crippen LogP contribution in [0.2, 0.25) is 0 Å². The van der Waals surface area contributed by atoms with Gasteiger partial charge in [0.1, 0.15) is 0 Å². The fourth-order valence-electron chi connectivity index (χ4n) is 3.32. The fourth-order valence-corrected chi connectivity index (χ4v) is 3.32. The van der Waals surface area contributed by atoms with Crippen LogP contribution in [0.4, 0.5) is 0 Å². The third-order valence-electron chi connectivity index (χ3n) is 4.91. The lowest BCUT2D eigenvalue weighted by Gasteiger charge is -2.09. The molecule has 28 heavy (non-hydrogen) atoms. The van der Waals surface area contributed by atoms with Crippen LogP contribution < -0.4 is 5.56 Å². The molecular formula is C25H21NO2. The topological polar surface area (TPSA) is 42.2 Å². The van der Waals surface area contributed by atoms with Gasteiger partial charge in [-0.2, -0.15) is 4.73 Å². The van der Waals surface area contributed by atoms with Gasteiger partial charge in [0, 0.05) is 17.5 Å². The SMILES string of the molecule is Cc1ccc(-c2cc(Cc3ccc(-c4ccccc4)cc3)c(=O)n(O)c2)cc1. The van der Waals surface area contributed by atoms with Gasteiger partial charge in [-0.25, -0.2) is 0 Å². The lowest BCUT2D eigenvalue weighted by Crippen LogP contribution is -2.21. The van der Waals surface area contributed by atoms with E-state index in [1.165, 1.54) is 11.8 Å². The normalized spacial score (nSPS) is 10.8. The minimum atomic E-state index is -0.386. The van der Waals surface area contributed by atoms with Gasteiger partial charge >= 0.3 is 0 Å². The van der Waals surface area contributed by atoms with E-state index in [1.807, 2.05) is 67.6 Å². The van der Waals surface area contributed by atoms with E-state index in [0.717, 1.165) is 27.8 Å². The Kier molecular flexibility index (Phi) is 4.81. The van der Waals surface area contributed by atoms with E-state index in [9.17, 15) is 10.0 Å². The first-order valence-electron chi connectivity index (χ1n) is 9.26. The van der Waals surface area contributed by atoms with Crippen LogP contribution >= 0.6 is 0 Å². The monoisotopic (exact) mass is 367 g/mol. The third-order valence-corrected chi connectivity index (χ3v) is 4.91. The minimum Gasteiger partial charge on any atom is -0.425 e. The van der Waals surface area contributed by atoms with Gasteiger partial charge in [0.05, 0.1) is 6.20 Å². The summed E-state index contributed by atoms with van der Waals surface area (Å²) in [6, 6.07) is 28.3. The number of aryl methyl sites for hydroxylation is 1. The Morgan fingerprint density at radius 3 is 2.00 bits per heavy atom. The molecule has 4 aromatic rings. The molecule has 0 unspecified atom stereocenters. The van der Waals surface area contributed by atoms with Crippen molar-refractivity contribution in [2.75, 3.05) is 0 Å². The maximum Gasteiger partial charge on any atom is 0.286 e. The second-order valence-corrected chi connectivity index (χ2v) is 7.01. The summed E-state index contributed by atoms with van der Waals surface area (Å²) in [6.45, 7) is 2.03. The van der Waals surface area contributed by atoms with E-state index >= 15 is 0 Å². The molecule has 0 radical (unpaired) electrons. The molecule has 0 amide bonds. The number of pyridine rings is 1. The zero-order valence-electron chi connectivity index (χ0n) is 15.7. The zero-order valence-corrected chi connectivity index (χ0v) is 15.7. The van der Waals surface area contributed by atoms with Crippen LogP contribution in [0.5, 0.6) is 0 Å². The van der Waals surface area contributed by atoms with Gasteiger partial charge in [0.2, 0.25) is 0 Å². The summed E-state index contributed by atoms with van der Waals surface area (Å²) in [6.07, 6.45) is 1.93. The molecule has 1 aromatic heterocycles. The van der Waals surface area contributed by atoms with Gasteiger partial charge < -0.3 is 5.21 Å². The molecule has 0 aliphatic rings. The van der Waals surface area contributed by atoms with Crippen molar-refractivity contribution in [3.63, 3.8) is 0 Å². The Bertz CT molecular complexity index is 1140. The van der Waals surface area contributed by atoms with Crippen LogP contribution in [0.1, 0.15) is 16.7 Å². The van der Waals surface area contributed by atoms with Crippen LogP contribution in [0, 0.1) is 6.92 Å². The Balaban J connectivity index is 1.64. The molecule has 138 valence electrons. The predicted octanol–water partition coefficient (Wildman–Crippen LogP) is 5.32. The van der Waals surface area contributed by atoms with Crippen LogP contribution in [0.15, 0.2) is 95.9 Å². The van der Waals surface area contributed by atoms with Crippen molar-refractivity contribution in [3.05, 3.63) is 118 Å². The van der Waals surface area contributed by atoms with Crippen LogP contribution in [0.3, 0.4) is 0 Å². The number of hydrogen-bond acceptors (Lipinski definition) is 2. The average molecular weight is 367 g/mol. The highest BCUT2D eigenvalue weighted by Gasteiger charge is 2.09. The summed E-state index contributed by atoms with van der Waals surface area (Å²) in [5, 5.41) is 10.1. The van der Waals surface area contributed by atoms with Gasteiger partial charge in [-0.1, -0.05) is 84.4 Å². The maximum atomic E-state index is 12.4. The maximum absolute atomic E-state index is 12.4. The smallest absolute Gasteiger partial charge is 0.286 e. The number of aromatic nitrogens is 1. The second kappa shape index (κ2) is 7.57. The fraction of sp³-hybridized carbons (Fsp3) is 0.0800. The number of rotatable bonds is 4. The highest BCUT2D eigenvalue weighted by atomic mass is 16.5. The molecule has 0 saturated carbocycles. The average Bonchev–Trinajstić information content (AvgIpc) is 2.73. The van der Waals surface area contributed by atoms with Crippen molar-refractivity contribution in [1.82, 2.24) is 4.73 Å². The molecule has 0 aliphatic heterocycles. The molecule has 0 bridgehead atoms. The molecule has 4 rings (SSSR count). The summed E-state index contributed by atoms with van der Waals surface area (Å²) in [4.78, 5) is 12.4. The summed E-state index contributed by atoms with van der Waals surface area (Å²) in [7, 11) is 0. The summed E-state index contributed by atoms with van der Waals surface area (Å²) >= 11 is 0.